The van der Waals surface area contributed by atoms with E-state index in [0.29, 0.717) is 5.56 Å². The maximum atomic E-state index is 15.0. The Kier molecular flexibility index (Phi) is 11.0. The Morgan fingerprint density at radius 1 is 0.827 bits per heavy atom. The summed E-state index contributed by atoms with van der Waals surface area (Å²) >= 11 is 5.95. The van der Waals surface area contributed by atoms with Crippen LogP contribution in [0.25, 0.3) is 0 Å². The fraction of sp³-hybridized carbons (Fsp3) is 0.297. The molecule has 1 fully saturated rings. The van der Waals surface area contributed by atoms with E-state index in [0.717, 1.165) is 47.4 Å². The van der Waals surface area contributed by atoms with Crippen molar-refractivity contribution >= 4 is 39.2 Å². The molecule has 52 heavy (non-hydrogen) atoms. The van der Waals surface area contributed by atoms with Crippen LogP contribution in [0.1, 0.15) is 78.6 Å². The molecule has 0 heterocycles. The van der Waals surface area contributed by atoms with E-state index >= 15 is 8.78 Å². The Bertz CT molecular complexity index is 2130. The number of aromatic hydroxyl groups is 1. The third-order valence-electron chi connectivity index (χ3n) is 8.97. The number of carboxylic acid groups (broad SMARTS) is 1. The van der Waals surface area contributed by atoms with Crippen molar-refractivity contribution in [1.29, 1.82) is 0 Å². The highest BCUT2D eigenvalue weighted by molar-refractivity contribution is 7.89. The molecule has 0 aromatic heterocycles. The molecule has 0 aliphatic heterocycles. The van der Waals surface area contributed by atoms with Crippen LogP contribution in [-0.2, 0) is 33.3 Å². The summed E-state index contributed by atoms with van der Waals surface area (Å²) in [6.45, 7) is 3.79. The normalized spacial score (nSPS) is 13.7. The van der Waals surface area contributed by atoms with Crippen molar-refractivity contribution in [1.82, 2.24) is 4.31 Å². The molecular formula is C37H34ClF5N2O6S. The number of aromatic carboxylic acids is 1. The van der Waals surface area contributed by atoms with E-state index in [2.05, 4.69) is 6.07 Å². The largest absolute Gasteiger partial charge is 0.507 e. The maximum absolute atomic E-state index is 15.0. The van der Waals surface area contributed by atoms with Gasteiger partial charge >= 0.3 is 5.97 Å². The predicted octanol–water partition coefficient (Wildman–Crippen LogP) is 8.43. The molecular weight excluding hydrogens is 731 g/mol. The van der Waals surface area contributed by atoms with Gasteiger partial charge < -0.3 is 15.1 Å². The summed E-state index contributed by atoms with van der Waals surface area (Å²) in [5.41, 5.74) is 1.79. The van der Waals surface area contributed by atoms with Crippen LogP contribution in [0.4, 0.5) is 27.6 Å². The zero-order valence-corrected chi connectivity index (χ0v) is 29.8. The number of carboxylic acids is 1. The van der Waals surface area contributed by atoms with Gasteiger partial charge in [-0.05, 0) is 70.7 Å². The Morgan fingerprint density at radius 3 is 1.94 bits per heavy atom. The van der Waals surface area contributed by atoms with E-state index in [-0.39, 0.29) is 38.5 Å². The van der Waals surface area contributed by atoms with Gasteiger partial charge in [0.1, 0.15) is 11.3 Å². The van der Waals surface area contributed by atoms with Crippen molar-refractivity contribution in [3.05, 3.63) is 123 Å². The van der Waals surface area contributed by atoms with Gasteiger partial charge in [0, 0.05) is 23.3 Å². The molecule has 4 aromatic rings. The number of amides is 1. The number of nitrogens with zero attached hydrogens (tertiary/aromatic N) is 2. The molecule has 15 heteroatoms. The van der Waals surface area contributed by atoms with E-state index in [1.165, 1.54) is 30.3 Å². The van der Waals surface area contributed by atoms with Crippen LogP contribution in [0, 0.1) is 29.1 Å². The summed E-state index contributed by atoms with van der Waals surface area (Å²) in [7, 11) is -5.65. The number of hydrogen-bond donors (Lipinski definition) is 2. The van der Waals surface area contributed by atoms with Crippen molar-refractivity contribution in [2.24, 2.45) is 0 Å². The fourth-order valence-electron chi connectivity index (χ4n) is 5.79. The number of carbonyl (C=O) groups excluding carboxylic acids is 1. The summed E-state index contributed by atoms with van der Waals surface area (Å²) in [6, 6.07) is 14.5. The zero-order valence-electron chi connectivity index (χ0n) is 28.2. The number of hydrogen-bond acceptors (Lipinski definition) is 5. The lowest BCUT2D eigenvalue weighted by atomic mass is 9.76. The zero-order chi connectivity index (χ0) is 38.3. The Labute approximate surface area is 302 Å². The highest BCUT2D eigenvalue weighted by atomic mass is 35.5. The first-order chi connectivity index (χ1) is 24.3. The van der Waals surface area contributed by atoms with Crippen LogP contribution in [0.2, 0.25) is 5.02 Å². The van der Waals surface area contributed by atoms with Gasteiger partial charge in [-0.25, -0.2) is 35.2 Å². The fourth-order valence-corrected chi connectivity index (χ4v) is 7.41. The van der Waals surface area contributed by atoms with E-state index in [1.54, 1.807) is 0 Å². The molecule has 0 spiro atoms. The second kappa shape index (κ2) is 14.8. The smallest absolute Gasteiger partial charge is 0.339 e. The first-order valence-electron chi connectivity index (χ1n) is 16.1. The Balaban J connectivity index is 1.64. The lowest BCUT2D eigenvalue weighted by molar-refractivity contribution is -0.119. The van der Waals surface area contributed by atoms with Crippen molar-refractivity contribution in [3.63, 3.8) is 0 Å². The van der Waals surface area contributed by atoms with Crippen LogP contribution in [0.3, 0.4) is 0 Å². The van der Waals surface area contributed by atoms with Gasteiger partial charge in [0.25, 0.3) is 0 Å². The molecule has 5 rings (SSSR count). The monoisotopic (exact) mass is 764 g/mol. The third kappa shape index (κ3) is 7.93. The lowest BCUT2D eigenvalue weighted by Gasteiger charge is -2.31. The predicted molar refractivity (Wildman–Crippen MR) is 183 cm³/mol. The minimum Gasteiger partial charge on any atom is -0.507 e. The molecule has 0 radical (unpaired) electrons. The highest BCUT2D eigenvalue weighted by Crippen LogP contribution is 2.39. The van der Waals surface area contributed by atoms with Gasteiger partial charge in [-0.2, -0.15) is 4.31 Å². The Hall–Kier alpha value is -4.53. The summed E-state index contributed by atoms with van der Waals surface area (Å²) in [4.78, 5) is 24.9. The van der Waals surface area contributed by atoms with Crippen LogP contribution in [-0.4, -0.2) is 41.4 Å². The van der Waals surface area contributed by atoms with Gasteiger partial charge in [-0.1, -0.05) is 69.1 Å². The molecule has 1 aliphatic carbocycles. The first-order valence-corrected chi connectivity index (χ1v) is 17.9. The van der Waals surface area contributed by atoms with E-state index in [9.17, 15) is 41.4 Å². The first kappa shape index (κ1) is 38.7. The van der Waals surface area contributed by atoms with Gasteiger partial charge in [0.05, 0.1) is 13.1 Å². The highest BCUT2D eigenvalue weighted by Gasteiger charge is 2.39. The quantitative estimate of drug-likeness (QED) is 0.0901. The maximum Gasteiger partial charge on any atom is 0.339 e. The number of phenols is 1. The minimum atomic E-state index is -5.65. The van der Waals surface area contributed by atoms with Crippen LogP contribution >= 0.6 is 11.6 Å². The second-order valence-electron chi connectivity index (χ2n) is 13.6. The average Bonchev–Trinajstić information content (AvgIpc) is 3.04. The number of benzene rings is 4. The molecule has 0 unspecified atom stereocenters. The number of carbonyl (C=O) groups is 2. The van der Waals surface area contributed by atoms with Crippen molar-refractivity contribution in [2.45, 2.75) is 69.4 Å². The minimum absolute atomic E-state index is 0.0704. The molecule has 276 valence electrons. The lowest BCUT2D eigenvalue weighted by Crippen LogP contribution is -2.43. The van der Waals surface area contributed by atoms with Gasteiger partial charge in [0.2, 0.25) is 21.7 Å². The molecule has 2 N–H and O–H groups in total. The van der Waals surface area contributed by atoms with Gasteiger partial charge in [-0.3, -0.25) is 4.79 Å². The molecule has 0 bridgehead atoms. The van der Waals surface area contributed by atoms with Gasteiger partial charge in [0.15, 0.2) is 28.2 Å². The van der Waals surface area contributed by atoms with E-state index in [4.69, 9.17) is 11.6 Å². The molecule has 4 aromatic carbocycles. The second-order valence-corrected chi connectivity index (χ2v) is 15.9. The Morgan fingerprint density at radius 2 is 1.42 bits per heavy atom. The average molecular weight is 765 g/mol. The SMILES string of the molecule is CC(C)(C)c1cc(CN(C(=O)CN(Cc2ccc(Cl)cc2)S(=O)(=O)c2c(F)c(F)c(F)c(F)c2F)c2ccc(C(=O)O)c(O)c2)cc(C2CCC2)c1. The summed E-state index contributed by atoms with van der Waals surface area (Å²) in [5, 5.41) is 20.3. The number of anilines is 1. The molecule has 1 amide bonds. The summed E-state index contributed by atoms with van der Waals surface area (Å²) < 4.78 is 101. The topological polar surface area (TPSA) is 115 Å². The number of halogens is 6. The van der Waals surface area contributed by atoms with E-state index < -0.39 is 80.3 Å². The van der Waals surface area contributed by atoms with Gasteiger partial charge in [-0.15, -0.1) is 0 Å². The molecule has 0 atom stereocenters. The number of rotatable bonds is 11. The van der Waals surface area contributed by atoms with Crippen molar-refractivity contribution < 1.29 is 50.2 Å². The number of sulfonamides is 1. The molecule has 1 aliphatic rings. The van der Waals surface area contributed by atoms with Crippen LogP contribution < -0.4 is 4.90 Å². The molecule has 0 saturated heterocycles. The van der Waals surface area contributed by atoms with Crippen molar-refractivity contribution in [2.75, 3.05) is 11.4 Å². The van der Waals surface area contributed by atoms with Crippen molar-refractivity contribution in [3.8, 4) is 5.75 Å². The summed E-state index contributed by atoms with van der Waals surface area (Å²) in [5.74, 6) is -15.7. The molecule has 8 nitrogen and oxygen atoms in total. The summed E-state index contributed by atoms with van der Waals surface area (Å²) in [6.07, 6.45) is 2.95. The van der Waals surface area contributed by atoms with E-state index in [1.807, 2.05) is 32.9 Å². The molecule has 1 saturated carbocycles. The van der Waals surface area contributed by atoms with Crippen LogP contribution in [0.15, 0.2) is 65.6 Å². The third-order valence-corrected chi connectivity index (χ3v) is 11.0. The standard InChI is InChI=1S/C37H34ClF5N2O6S/c1-37(2,3)24-14-21(13-23(15-24)22-5-4-6-22)18-45(26-11-12-27(36(48)49)28(46)16-26)29(47)19-44(17-20-7-9-25(38)10-8-20)52(50,51)35-33(42)31(40)30(39)32(41)34(35)43/h7-16,22,46H,4-6,17-19H2,1-3H3,(H,48,49). The van der Waals surface area contributed by atoms with Crippen LogP contribution in [0.5, 0.6) is 5.75 Å².